The molecule has 204 valence electrons. The fourth-order valence-corrected chi connectivity index (χ4v) is 5.61. The van der Waals surface area contributed by atoms with Crippen LogP contribution >= 0.6 is 23.1 Å². The molecule has 3 heterocycles. The van der Waals surface area contributed by atoms with E-state index in [1.165, 1.54) is 23.5 Å². The van der Waals surface area contributed by atoms with E-state index in [-0.39, 0.29) is 18.1 Å². The van der Waals surface area contributed by atoms with Gasteiger partial charge in [0, 0.05) is 42.7 Å². The van der Waals surface area contributed by atoms with Gasteiger partial charge in [0.2, 0.25) is 5.91 Å². The van der Waals surface area contributed by atoms with E-state index in [1.807, 2.05) is 23.0 Å². The van der Waals surface area contributed by atoms with Crippen LogP contribution < -0.4 is 10.5 Å². The number of nitrogens with zero attached hydrogens (tertiary/aromatic N) is 5. The predicted octanol–water partition coefficient (Wildman–Crippen LogP) is 4.47. The molecule has 0 atom stereocenters. The van der Waals surface area contributed by atoms with E-state index < -0.39 is 11.7 Å². The number of aromatic nitrogens is 3. The minimum atomic E-state index is -0.529. The Kier molecular flexibility index (Phi) is 8.14. The van der Waals surface area contributed by atoms with E-state index in [9.17, 15) is 14.0 Å². The molecule has 1 aliphatic rings. The van der Waals surface area contributed by atoms with Gasteiger partial charge in [-0.25, -0.2) is 14.4 Å². The lowest BCUT2D eigenvalue weighted by Gasteiger charge is -2.26. The van der Waals surface area contributed by atoms with Gasteiger partial charge in [-0.05, 0) is 48.6 Å². The van der Waals surface area contributed by atoms with Gasteiger partial charge < -0.3 is 19.9 Å². The standard InChI is InChI=1S/C28H25FN6O3S2/c1-39-11-10-35-23-13-19(25(31)36)4-5-22(23)33-26(35)27(37)34-8-6-18(7-9-34)24-15-32-28(40-24)38-16-20-3-2-17(14-30)12-21(20)29/h2-6,12-13,15H,7-11,16H2,1H3,(H2,31,36). The van der Waals surface area contributed by atoms with Crippen LogP contribution in [-0.2, 0) is 13.2 Å². The summed E-state index contributed by atoms with van der Waals surface area (Å²) < 4.78 is 21.7. The number of fused-ring (bicyclic) bond motifs is 1. The van der Waals surface area contributed by atoms with Crippen LogP contribution in [0.15, 0.2) is 48.7 Å². The first-order chi connectivity index (χ1) is 19.4. The Morgan fingerprint density at radius 2 is 2.12 bits per heavy atom. The number of carbonyl (C=O) groups excluding carboxylic acids is 2. The van der Waals surface area contributed by atoms with Crippen molar-refractivity contribution in [3.63, 3.8) is 0 Å². The quantitative estimate of drug-likeness (QED) is 0.311. The molecule has 0 saturated heterocycles. The van der Waals surface area contributed by atoms with E-state index in [2.05, 4.69) is 9.97 Å². The Hall–Kier alpha value is -4.21. The van der Waals surface area contributed by atoms with Crippen molar-refractivity contribution >= 4 is 51.5 Å². The van der Waals surface area contributed by atoms with E-state index in [1.54, 1.807) is 47.1 Å². The Labute approximate surface area is 238 Å². The third-order valence-electron chi connectivity index (χ3n) is 6.57. The lowest BCUT2D eigenvalue weighted by Crippen LogP contribution is -2.36. The highest BCUT2D eigenvalue weighted by atomic mass is 32.2. The molecule has 2 amide bonds. The number of thioether (sulfide) groups is 1. The first kappa shape index (κ1) is 27.4. The maximum atomic E-state index is 14.1. The van der Waals surface area contributed by atoms with Gasteiger partial charge in [-0.2, -0.15) is 17.0 Å². The van der Waals surface area contributed by atoms with Crippen molar-refractivity contribution in [2.45, 2.75) is 19.6 Å². The number of nitriles is 1. The molecule has 0 unspecified atom stereocenters. The Bertz CT molecular complexity index is 1670. The van der Waals surface area contributed by atoms with Crippen LogP contribution in [0.3, 0.4) is 0 Å². The molecule has 4 aromatic rings. The number of rotatable bonds is 9. The highest BCUT2D eigenvalue weighted by Crippen LogP contribution is 2.32. The summed E-state index contributed by atoms with van der Waals surface area (Å²) in [5.41, 5.74) is 8.85. The molecule has 1 aliphatic heterocycles. The number of aryl methyl sites for hydroxylation is 1. The zero-order valence-electron chi connectivity index (χ0n) is 21.6. The second kappa shape index (κ2) is 11.9. The second-order valence-electron chi connectivity index (χ2n) is 9.08. The lowest BCUT2D eigenvalue weighted by molar-refractivity contribution is 0.0756. The zero-order valence-corrected chi connectivity index (χ0v) is 23.2. The van der Waals surface area contributed by atoms with Gasteiger partial charge in [-0.3, -0.25) is 9.59 Å². The molecule has 40 heavy (non-hydrogen) atoms. The summed E-state index contributed by atoms with van der Waals surface area (Å²) in [6.07, 6.45) is 6.35. The number of hydrogen-bond acceptors (Lipinski definition) is 8. The third kappa shape index (κ3) is 5.71. The van der Waals surface area contributed by atoms with Gasteiger partial charge in [-0.15, -0.1) is 0 Å². The van der Waals surface area contributed by atoms with Crippen molar-refractivity contribution in [2.24, 2.45) is 5.73 Å². The maximum absolute atomic E-state index is 14.1. The van der Waals surface area contributed by atoms with Gasteiger partial charge >= 0.3 is 0 Å². The number of imidazole rings is 1. The van der Waals surface area contributed by atoms with Crippen LogP contribution in [0.4, 0.5) is 4.39 Å². The molecule has 2 aromatic heterocycles. The largest absolute Gasteiger partial charge is 0.465 e. The van der Waals surface area contributed by atoms with Crippen LogP contribution in [-0.4, -0.2) is 56.3 Å². The van der Waals surface area contributed by atoms with E-state index >= 15 is 0 Å². The third-order valence-corrected chi connectivity index (χ3v) is 8.15. The number of hydrogen-bond donors (Lipinski definition) is 1. The monoisotopic (exact) mass is 576 g/mol. The van der Waals surface area contributed by atoms with Crippen LogP contribution in [0.25, 0.3) is 16.6 Å². The molecule has 0 saturated carbocycles. The molecule has 2 aromatic carbocycles. The van der Waals surface area contributed by atoms with Crippen molar-refractivity contribution in [1.29, 1.82) is 5.26 Å². The predicted molar refractivity (Wildman–Crippen MR) is 153 cm³/mol. The van der Waals surface area contributed by atoms with E-state index in [0.29, 0.717) is 59.2 Å². The molecular weight excluding hydrogens is 551 g/mol. The van der Waals surface area contributed by atoms with Gasteiger partial charge in [-0.1, -0.05) is 23.5 Å². The van der Waals surface area contributed by atoms with Crippen molar-refractivity contribution in [3.05, 3.63) is 81.9 Å². The number of thiazole rings is 1. The van der Waals surface area contributed by atoms with Gasteiger partial charge in [0.25, 0.3) is 11.1 Å². The fourth-order valence-electron chi connectivity index (χ4n) is 4.41. The van der Waals surface area contributed by atoms with Gasteiger partial charge in [0.05, 0.1) is 27.5 Å². The Morgan fingerprint density at radius 3 is 2.83 bits per heavy atom. The fraction of sp³-hybridized carbons (Fsp3) is 0.250. The van der Waals surface area contributed by atoms with Crippen molar-refractivity contribution < 1.29 is 18.7 Å². The van der Waals surface area contributed by atoms with Crippen LogP contribution in [0.1, 0.15) is 43.4 Å². The number of halogens is 1. The Morgan fingerprint density at radius 1 is 1.27 bits per heavy atom. The van der Waals surface area contributed by atoms with Gasteiger partial charge in [0.15, 0.2) is 5.82 Å². The van der Waals surface area contributed by atoms with Crippen LogP contribution in [0.2, 0.25) is 0 Å². The summed E-state index contributed by atoms with van der Waals surface area (Å²) in [5, 5.41) is 9.30. The molecule has 12 heteroatoms. The topological polar surface area (TPSA) is 127 Å². The molecule has 0 radical (unpaired) electrons. The molecule has 9 nitrogen and oxygen atoms in total. The smallest absolute Gasteiger partial charge is 0.290 e. The minimum absolute atomic E-state index is 0.00426. The normalized spacial score (nSPS) is 13.2. The number of ether oxygens (including phenoxy) is 1. The molecule has 2 N–H and O–H groups in total. The number of nitrogens with two attached hydrogens (primary N) is 1. The molecule has 0 bridgehead atoms. The molecular formula is C28H25FN6O3S2. The summed E-state index contributed by atoms with van der Waals surface area (Å²) in [7, 11) is 0. The summed E-state index contributed by atoms with van der Waals surface area (Å²) in [5.74, 6) is -0.0773. The average Bonchev–Trinajstić information content (AvgIpc) is 3.59. The summed E-state index contributed by atoms with van der Waals surface area (Å²) >= 11 is 3.02. The molecule has 0 aliphatic carbocycles. The highest BCUT2D eigenvalue weighted by Gasteiger charge is 2.26. The number of benzene rings is 2. The minimum Gasteiger partial charge on any atom is -0.465 e. The summed E-state index contributed by atoms with van der Waals surface area (Å²) in [4.78, 5) is 36.8. The van der Waals surface area contributed by atoms with Crippen molar-refractivity contribution in [3.8, 4) is 11.3 Å². The average molecular weight is 577 g/mol. The summed E-state index contributed by atoms with van der Waals surface area (Å²) in [6, 6.07) is 11.2. The first-order valence-corrected chi connectivity index (χ1v) is 14.6. The highest BCUT2D eigenvalue weighted by molar-refractivity contribution is 7.98. The lowest BCUT2D eigenvalue weighted by atomic mass is 10.1. The van der Waals surface area contributed by atoms with Crippen molar-refractivity contribution in [2.75, 3.05) is 25.1 Å². The molecule has 5 rings (SSSR count). The number of primary amides is 1. The zero-order chi connectivity index (χ0) is 28.2. The number of carbonyl (C=O) groups is 2. The van der Waals surface area contributed by atoms with Crippen LogP contribution in [0.5, 0.6) is 5.19 Å². The SMILES string of the molecule is CSCCn1c(C(=O)N2CC=C(c3cnc(OCc4ccc(C#N)cc4F)s3)CC2)nc2ccc(C(N)=O)cc21. The van der Waals surface area contributed by atoms with Crippen LogP contribution in [0, 0.1) is 17.1 Å². The van der Waals surface area contributed by atoms with Crippen molar-refractivity contribution in [1.82, 2.24) is 19.4 Å². The number of amides is 2. The second-order valence-corrected chi connectivity index (χ2v) is 11.1. The van der Waals surface area contributed by atoms with Gasteiger partial charge in [0.1, 0.15) is 12.4 Å². The van der Waals surface area contributed by atoms with E-state index in [0.717, 1.165) is 16.2 Å². The molecule has 0 spiro atoms. The maximum Gasteiger partial charge on any atom is 0.290 e. The molecule has 0 fully saturated rings. The Balaban J connectivity index is 1.28. The first-order valence-electron chi connectivity index (χ1n) is 12.4. The van der Waals surface area contributed by atoms with E-state index in [4.69, 9.17) is 15.7 Å². The summed E-state index contributed by atoms with van der Waals surface area (Å²) in [6.45, 7) is 1.50.